The monoisotopic (exact) mass is 545 g/mol. The summed E-state index contributed by atoms with van der Waals surface area (Å²) in [6.07, 6.45) is 2.93. The number of likely N-dealkylation sites (tertiary alicyclic amines) is 1. The highest BCUT2D eigenvalue weighted by Gasteiger charge is 2.28. The van der Waals surface area contributed by atoms with E-state index in [-0.39, 0.29) is 40.5 Å². The van der Waals surface area contributed by atoms with Crippen LogP contribution in [0.5, 0.6) is 0 Å². The fraction of sp³-hybridized carbons (Fsp3) is 0.226. The quantitative estimate of drug-likeness (QED) is 0.299. The number of aromatic nitrogens is 1. The van der Waals surface area contributed by atoms with Crippen LogP contribution in [-0.4, -0.2) is 28.6 Å². The molecule has 0 unspecified atom stereocenters. The van der Waals surface area contributed by atoms with Crippen LogP contribution in [0.2, 0.25) is 5.02 Å². The molecule has 1 aliphatic rings. The Morgan fingerprint density at radius 1 is 0.923 bits per heavy atom. The molecule has 0 spiro atoms. The van der Waals surface area contributed by atoms with Crippen molar-refractivity contribution in [1.82, 2.24) is 9.63 Å². The predicted octanol–water partition coefficient (Wildman–Crippen LogP) is 5.90. The SMILES string of the molecule is O=C(c1cn(OCc2ccccc2)c(=O)c(Cl)c1NCc1ccccc1)N1CCC(c2ccc(F)cc2)CC1. The molecule has 0 radical (unpaired) electrons. The van der Waals surface area contributed by atoms with Gasteiger partial charge in [-0.25, -0.2) is 4.39 Å². The molecule has 1 saturated heterocycles. The first-order valence-corrected chi connectivity index (χ1v) is 13.3. The molecular formula is C31H29ClFN3O3. The molecule has 1 aliphatic heterocycles. The number of hydrogen-bond donors (Lipinski definition) is 1. The van der Waals surface area contributed by atoms with E-state index in [0.717, 1.165) is 34.3 Å². The number of rotatable bonds is 8. The Labute approximate surface area is 231 Å². The summed E-state index contributed by atoms with van der Waals surface area (Å²) < 4.78 is 14.4. The number of carbonyl (C=O) groups is 1. The zero-order valence-electron chi connectivity index (χ0n) is 21.4. The Bertz CT molecular complexity index is 1470. The number of nitrogens with zero attached hydrogens (tertiary/aromatic N) is 2. The van der Waals surface area contributed by atoms with Gasteiger partial charge < -0.3 is 15.1 Å². The molecule has 1 fully saturated rings. The van der Waals surface area contributed by atoms with Gasteiger partial charge in [0, 0.05) is 19.6 Å². The van der Waals surface area contributed by atoms with E-state index in [9.17, 15) is 14.0 Å². The molecule has 1 aromatic heterocycles. The van der Waals surface area contributed by atoms with Crippen molar-refractivity contribution in [2.45, 2.75) is 31.9 Å². The Morgan fingerprint density at radius 3 is 2.18 bits per heavy atom. The van der Waals surface area contributed by atoms with Crippen molar-refractivity contribution in [1.29, 1.82) is 0 Å². The minimum atomic E-state index is -0.547. The molecule has 1 N–H and O–H groups in total. The van der Waals surface area contributed by atoms with Crippen LogP contribution in [0.4, 0.5) is 10.1 Å². The zero-order valence-corrected chi connectivity index (χ0v) is 22.1. The van der Waals surface area contributed by atoms with Gasteiger partial charge in [-0.15, -0.1) is 0 Å². The van der Waals surface area contributed by atoms with Gasteiger partial charge in [0.2, 0.25) is 0 Å². The van der Waals surface area contributed by atoms with Crippen molar-refractivity contribution in [3.05, 3.63) is 135 Å². The van der Waals surface area contributed by atoms with Crippen molar-refractivity contribution in [3.63, 3.8) is 0 Å². The van der Waals surface area contributed by atoms with Gasteiger partial charge in [-0.3, -0.25) is 9.59 Å². The van der Waals surface area contributed by atoms with Crippen LogP contribution < -0.4 is 15.7 Å². The number of anilines is 1. The second kappa shape index (κ2) is 12.2. The second-order valence-electron chi connectivity index (χ2n) is 9.58. The van der Waals surface area contributed by atoms with E-state index in [1.165, 1.54) is 18.3 Å². The summed E-state index contributed by atoms with van der Waals surface area (Å²) in [5.74, 6) is -0.248. The average Bonchev–Trinajstić information content (AvgIpc) is 2.98. The lowest BCUT2D eigenvalue weighted by atomic mass is 9.89. The van der Waals surface area contributed by atoms with Crippen LogP contribution in [0.25, 0.3) is 0 Å². The molecule has 39 heavy (non-hydrogen) atoms. The maximum atomic E-state index is 13.8. The fourth-order valence-electron chi connectivity index (χ4n) is 4.82. The van der Waals surface area contributed by atoms with Gasteiger partial charge in [0.15, 0.2) is 0 Å². The van der Waals surface area contributed by atoms with Crippen LogP contribution in [0.3, 0.4) is 0 Å². The molecule has 0 bridgehead atoms. The van der Waals surface area contributed by atoms with Crippen molar-refractivity contribution in [2.75, 3.05) is 18.4 Å². The first kappa shape index (κ1) is 26.5. The van der Waals surface area contributed by atoms with Crippen LogP contribution in [0.15, 0.2) is 95.9 Å². The predicted molar refractivity (Wildman–Crippen MR) is 150 cm³/mol. The summed E-state index contributed by atoms with van der Waals surface area (Å²) in [7, 11) is 0. The van der Waals surface area contributed by atoms with Gasteiger partial charge in [0.25, 0.3) is 5.91 Å². The van der Waals surface area contributed by atoms with Gasteiger partial charge in [-0.05, 0) is 47.6 Å². The minimum absolute atomic E-state index is 0.106. The molecule has 0 aliphatic carbocycles. The third-order valence-corrected chi connectivity index (χ3v) is 7.35. The van der Waals surface area contributed by atoms with Gasteiger partial charge in [0.05, 0.1) is 17.4 Å². The summed E-state index contributed by atoms with van der Waals surface area (Å²) in [6.45, 7) is 1.59. The maximum Gasteiger partial charge on any atom is 0.303 e. The molecular weight excluding hydrogens is 517 g/mol. The summed E-state index contributed by atoms with van der Waals surface area (Å²) in [6, 6.07) is 25.7. The molecule has 6 nitrogen and oxygen atoms in total. The Balaban J connectivity index is 1.39. The third-order valence-electron chi connectivity index (χ3n) is 7.00. The van der Waals surface area contributed by atoms with Crippen molar-refractivity contribution in [2.24, 2.45) is 0 Å². The lowest BCUT2D eigenvalue weighted by Crippen LogP contribution is -2.39. The van der Waals surface area contributed by atoms with E-state index in [4.69, 9.17) is 16.4 Å². The molecule has 0 atom stereocenters. The van der Waals surface area contributed by atoms with Crippen LogP contribution in [0, 0.1) is 5.82 Å². The van der Waals surface area contributed by atoms with Gasteiger partial charge in [-0.2, -0.15) is 4.73 Å². The van der Waals surface area contributed by atoms with Crippen molar-refractivity contribution in [3.8, 4) is 0 Å². The minimum Gasteiger partial charge on any atom is -0.406 e. The number of amides is 1. The van der Waals surface area contributed by atoms with E-state index in [1.54, 1.807) is 4.90 Å². The number of pyridine rings is 1. The van der Waals surface area contributed by atoms with E-state index in [1.807, 2.05) is 72.8 Å². The Kier molecular flexibility index (Phi) is 8.27. The summed E-state index contributed by atoms with van der Waals surface area (Å²) in [5, 5.41) is 3.11. The average molecular weight is 546 g/mol. The normalized spacial score (nSPS) is 13.7. The molecule has 2 heterocycles. The number of benzene rings is 3. The van der Waals surface area contributed by atoms with Gasteiger partial charge in [-0.1, -0.05) is 84.4 Å². The molecule has 0 saturated carbocycles. The highest BCUT2D eigenvalue weighted by Crippen LogP contribution is 2.31. The molecule has 5 rings (SSSR count). The van der Waals surface area contributed by atoms with Gasteiger partial charge in [0.1, 0.15) is 17.4 Å². The van der Waals surface area contributed by atoms with E-state index < -0.39 is 5.56 Å². The lowest BCUT2D eigenvalue weighted by molar-refractivity contribution is 0.0692. The fourth-order valence-corrected chi connectivity index (χ4v) is 5.07. The number of halogens is 2. The van der Waals surface area contributed by atoms with E-state index >= 15 is 0 Å². The van der Waals surface area contributed by atoms with Crippen LogP contribution >= 0.6 is 11.6 Å². The van der Waals surface area contributed by atoms with Gasteiger partial charge >= 0.3 is 5.56 Å². The molecule has 8 heteroatoms. The summed E-state index contributed by atoms with van der Waals surface area (Å²) >= 11 is 6.57. The first-order chi connectivity index (χ1) is 19.0. The van der Waals surface area contributed by atoms with Crippen molar-refractivity contribution < 1.29 is 14.0 Å². The van der Waals surface area contributed by atoms with Crippen LogP contribution in [0.1, 0.15) is 45.8 Å². The third kappa shape index (κ3) is 6.32. The summed E-state index contributed by atoms with van der Waals surface area (Å²) in [4.78, 5) is 34.5. The highest BCUT2D eigenvalue weighted by atomic mass is 35.5. The highest BCUT2D eigenvalue weighted by molar-refractivity contribution is 6.33. The second-order valence-corrected chi connectivity index (χ2v) is 9.96. The number of piperidine rings is 1. The number of hydrogen-bond acceptors (Lipinski definition) is 4. The lowest BCUT2D eigenvalue weighted by Gasteiger charge is -2.33. The summed E-state index contributed by atoms with van der Waals surface area (Å²) in [5.41, 5.74) is 2.94. The number of carbonyl (C=O) groups excluding carboxylic acids is 1. The smallest absolute Gasteiger partial charge is 0.303 e. The van der Waals surface area contributed by atoms with E-state index in [0.29, 0.717) is 19.6 Å². The Morgan fingerprint density at radius 2 is 1.54 bits per heavy atom. The largest absolute Gasteiger partial charge is 0.406 e. The molecule has 200 valence electrons. The standard InChI is InChI=1S/C31H29ClFN3O3/c32-28-29(34-19-22-7-3-1-4-8-22)27(20-36(31(28)38)39-21-23-9-5-2-6-10-23)30(37)35-17-15-25(16-18-35)24-11-13-26(33)14-12-24/h1-14,20,25,34H,15-19,21H2. The molecule has 4 aromatic rings. The topological polar surface area (TPSA) is 63.6 Å². The van der Waals surface area contributed by atoms with E-state index in [2.05, 4.69) is 5.32 Å². The maximum absolute atomic E-state index is 13.8. The van der Waals surface area contributed by atoms with Crippen LogP contribution in [-0.2, 0) is 13.2 Å². The molecule has 3 aromatic carbocycles. The Hall–Kier alpha value is -4.10. The first-order valence-electron chi connectivity index (χ1n) is 12.9. The number of nitrogens with one attached hydrogen (secondary N) is 1. The van der Waals surface area contributed by atoms with Crippen molar-refractivity contribution >= 4 is 23.2 Å². The molecule has 1 amide bonds. The zero-order chi connectivity index (χ0) is 27.2.